The monoisotopic (exact) mass is 398 g/mol. The summed E-state index contributed by atoms with van der Waals surface area (Å²) in [4.78, 5) is 11.6. The molecular weight excluding hydrogens is 376 g/mol. The number of nitrogens with one attached hydrogen (secondary N) is 1. The lowest BCUT2D eigenvalue weighted by atomic mass is 10.3. The third kappa shape index (κ3) is 6.13. The van der Waals surface area contributed by atoms with Crippen molar-refractivity contribution in [3.8, 4) is 0 Å². The molecule has 0 unspecified atom stereocenters. The lowest BCUT2D eigenvalue weighted by Gasteiger charge is -2.18. The fourth-order valence-electron chi connectivity index (χ4n) is 1.87. The molecule has 0 spiro atoms. The fraction of sp³-hybridized carbons (Fsp3) is 0.615. The van der Waals surface area contributed by atoms with E-state index >= 15 is 0 Å². The predicted octanol–water partition coefficient (Wildman–Crippen LogP) is 0.715. The average molecular weight is 399 g/mol. The van der Waals surface area contributed by atoms with E-state index in [9.17, 15) is 21.6 Å². The van der Waals surface area contributed by atoms with Gasteiger partial charge in [-0.15, -0.1) is 11.3 Å². The summed E-state index contributed by atoms with van der Waals surface area (Å²) in [7, 11) is -7.15. The first-order chi connectivity index (χ1) is 11.1. The molecule has 24 heavy (non-hydrogen) atoms. The third-order valence-electron chi connectivity index (χ3n) is 3.09. The molecule has 0 aliphatic rings. The summed E-state index contributed by atoms with van der Waals surface area (Å²) in [5, 5.41) is 8.87. The Bertz CT molecular complexity index is 754. The van der Waals surface area contributed by atoms with Crippen LogP contribution >= 0.6 is 11.3 Å². The minimum absolute atomic E-state index is 0.0156. The number of hydrogen-bond acceptors (Lipinski definition) is 6. The Kier molecular flexibility index (Phi) is 7.80. The Balaban J connectivity index is 2.83. The van der Waals surface area contributed by atoms with Gasteiger partial charge in [-0.05, 0) is 31.9 Å². The van der Waals surface area contributed by atoms with Crippen LogP contribution in [-0.2, 0) is 31.3 Å². The molecule has 0 radical (unpaired) electrons. The van der Waals surface area contributed by atoms with Gasteiger partial charge in [0.05, 0.1) is 5.75 Å². The van der Waals surface area contributed by atoms with Gasteiger partial charge >= 0.3 is 5.97 Å². The van der Waals surface area contributed by atoms with Gasteiger partial charge in [0.2, 0.25) is 10.0 Å². The predicted molar refractivity (Wildman–Crippen MR) is 92.2 cm³/mol. The molecule has 0 aromatic carbocycles. The largest absolute Gasteiger partial charge is 0.480 e. The second-order valence-electron chi connectivity index (χ2n) is 5.00. The minimum Gasteiger partial charge on any atom is -0.480 e. The Labute approximate surface area is 146 Å². The summed E-state index contributed by atoms with van der Waals surface area (Å²) >= 11 is 1.02. The van der Waals surface area contributed by atoms with Crippen LogP contribution in [0.3, 0.4) is 0 Å². The van der Waals surface area contributed by atoms with Crippen LogP contribution in [0.15, 0.2) is 16.3 Å². The maximum Gasteiger partial charge on any atom is 0.318 e. The fourth-order valence-corrected chi connectivity index (χ4v) is 5.48. The summed E-state index contributed by atoms with van der Waals surface area (Å²) < 4.78 is 51.1. The number of hydrogen-bond donors (Lipinski definition) is 2. The number of carbonyl (C=O) groups is 1. The Morgan fingerprint density at radius 2 is 1.92 bits per heavy atom. The van der Waals surface area contributed by atoms with Crippen molar-refractivity contribution < 1.29 is 26.7 Å². The molecule has 0 bridgehead atoms. The zero-order chi connectivity index (χ0) is 18.4. The number of sulfonamides is 2. The Morgan fingerprint density at radius 3 is 2.46 bits per heavy atom. The number of rotatable bonds is 11. The van der Waals surface area contributed by atoms with Crippen LogP contribution in [0.5, 0.6) is 0 Å². The van der Waals surface area contributed by atoms with Gasteiger partial charge in [0, 0.05) is 18.0 Å². The van der Waals surface area contributed by atoms with E-state index in [1.165, 1.54) is 13.0 Å². The number of carboxylic acids is 1. The normalized spacial score (nSPS) is 12.6. The summed E-state index contributed by atoms with van der Waals surface area (Å²) in [6.07, 6.45) is 0.871. The summed E-state index contributed by atoms with van der Waals surface area (Å²) in [6, 6.07) is 3.04. The van der Waals surface area contributed by atoms with E-state index in [1.807, 2.05) is 0 Å². The molecule has 0 fully saturated rings. The lowest BCUT2D eigenvalue weighted by Crippen LogP contribution is -2.35. The molecule has 1 rings (SSSR count). The van der Waals surface area contributed by atoms with Crippen molar-refractivity contribution in [1.82, 2.24) is 9.03 Å². The van der Waals surface area contributed by atoms with E-state index in [0.717, 1.165) is 15.6 Å². The van der Waals surface area contributed by atoms with Gasteiger partial charge in [-0.3, -0.25) is 4.79 Å². The Morgan fingerprint density at radius 1 is 1.25 bits per heavy atom. The van der Waals surface area contributed by atoms with Crippen LogP contribution < -0.4 is 4.72 Å². The first kappa shape index (κ1) is 21.0. The van der Waals surface area contributed by atoms with Gasteiger partial charge in [-0.25, -0.2) is 21.6 Å². The quantitative estimate of drug-likeness (QED) is 0.566. The molecule has 0 atom stereocenters. The number of carboxylic acid groups (broad SMARTS) is 1. The van der Waals surface area contributed by atoms with Gasteiger partial charge in [-0.2, -0.15) is 4.31 Å². The number of nitrogens with zero attached hydrogens (tertiary/aromatic N) is 1. The maximum absolute atomic E-state index is 12.5. The van der Waals surface area contributed by atoms with Crippen molar-refractivity contribution in [2.45, 2.75) is 30.9 Å². The van der Waals surface area contributed by atoms with Gasteiger partial charge < -0.3 is 5.11 Å². The highest BCUT2D eigenvalue weighted by atomic mass is 32.2. The number of aliphatic carboxylic acids is 1. The van der Waals surface area contributed by atoms with Crippen molar-refractivity contribution in [3.05, 3.63) is 17.0 Å². The molecule has 138 valence electrons. The second-order valence-corrected chi connectivity index (χ2v) is 10.4. The molecule has 1 aromatic heterocycles. The first-order valence-electron chi connectivity index (χ1n) is 7.40. The molecule has 1 aromatic rings. The third-order valence-corrected chi connectivity index (χ3v) is 7.95. The summed E-state index contributed by atoms with van der Waals surface area (Å²) in [5.41, 5.74) is 0. The van der Waals surface area contributed by atoms with E-state index in [1.54, 1.807) is 13.0 Å². The molecule has 0 aliphatic carbocycles. The van der Waals surface area contributed by atoms with E-state index in [-0.39, 0.29) is 23.1 Å². The zero-order valence-corrected chi connectivity index (χ0v) is 16.0. The summed E-state index contributed by atoms with van der Waals surface area (Å²) in [6.45, 7) is 3.02. The van der Waals surface area contributed by atoms with Crippen molar-refractivity contribution >= 4 is 37.4 Å². The van der Waals surface area contributed by atoms with Crippen LogP contribution in [0.1, 0.15) is 25.1 Å². The van der Waals surface area contributed by atoms with Crippen LogP contribution in [-0.4, -0.2) is 57.6 Å². The van der Waals surface area contributed by atoms with Crippen LogP contribution in [0.25, 0.3) is 0 Å². The van der Waals surface area contributed by atoms with Gasteiger partial charge in [0.25, 0.3) is 10.0 Å². The van der Waals surface area contributed by atoms with E-state index < -0.39 is 32.6 Å². The molecule has 2 N–H and O–H groups in total. The van der Waals surface area contributed by atoms with Gasteiger partial charge in [-0.1, -0.05) is 6.92 Å². The van der Waals surface area contributed by atoms with Crippen molar-refractivity contribution in [2.24, 2.45) is 0 Å². The van der Waals surface area contributed by atoms with Crippen molar-refractivity contribution in [1.29, 1.82) is 0 Å². The van der Waals surface area contributed by atoms with Gasteiger partial charge in [0.1, 0.15) is 10.8 Å². The van der Waals surface area contributed by atoms with Crippen LogP contribution in [0.2, 0.25) is 0 Å². The minimum atomic E-state index is -3.86. The molecule has 0 amide bonds. The smallest absolute Gasteiger partial charge is 0.318 e. The number of thiophene rings is 1. The summed E-state index contributed by atoms with van der Waals surface area (Å²) in [5.74, 6) is -1.23. The second kappa shape index (κ2) is 8.90. The standard InChI is InChI=1S/C13H22N2O6S3/c1-3-9-15(10-12(16)17)24(20,21)13-6-5-11(22-13)7-8-14-23(18,19)4-2/h5-6,14H,3-4,7-10H2,1-2H3,(H,16,17). The molecule has 0 saturated carbocycles. The molecular formula is C13H22N2O6S3. The van der Waals surface area contributed by atoms with Crippen molar-refractivity contribution in [2.75, 3.05) is 25.4 Å². The van der Waals surface area contributed by atoms with E-state index in [4.69, 9.17) is 5.11 Å². The Hall–Kier alpha value is -1.01. The van der Waals surface area contributed by atoms with Crippen molar-refractivity contribution in [3.63, 3.8) is 0 Å². The first-order valence-corrected chi connectivity index (χ1v) is 11.3. The molecule has 11 heteroatoms. The highest BCUT2D eigenvalue weighted by Gasteiger charge is 2.27. The molecule has 1 heterocycles. The van der Waals surface area contributed by atoms with E-state index in [0.29, 0.717) is 17.7 Å². The molecule has 0 saturated heterocycles. The maximum atomic E-state index is 12.5. The van der Waals surface area contributed by atoms with Crippen LogP contribution in [0.4, 0.5) is 0 Å². The topological polar surface area (TPSA) is 121 Å². The van der Waals surface area contributed by atoms with E-state index in [2.05, 4.69) is 4.72 Å². The van der Waals surface area contributed by atoms with Crippen LogP contribution in [0, 0.1) is 0 Å². The van der Waals surface area contributed by atoms with Gasteiger partial charge in [0.15, 0.2) is 0 Å². The average Bonchev–Trinajstić information content (AvgIpc) is 2.96. The lowest BCUT2D eigenvalue weighted by molar-refractivity contribution is -0.137. The zero-order valence-electron chi connectivity index (χ0n) is 13.6. The highest BCUT2D eigenvalue weighted by molar-refractivity contribution is 7.91. The SMILES string of the molecule is CCCN(CC(=O)O)S(=O)(=O)c1ccc(CCNS(=O)(=O)CC)s1. The highest BCUT2D eigenvalue weighted by Crippen LogP contribution is 2.25. The molecule has 0 aliphatic heterocycles. The molecule has 8 nitrogen and oxygen atoms in total.